The van der Waals surface area contributed by atoms with Crippen molar-refractivity contribution in [1.29, 1.82) is 0 Å². The summed E-state index contributed by atoms with van der Waals surface area (Å²) in [5.74, 6) is 0.586. The number of rotatable bonds is 5. The number of benzene rings is 1. The topological polar surface area (TPSA) is 63.8 Å². The summed E-state index contributed by atoms with van der Waals surface area (Å²) in [6.07, 6.45) is 1.69. The molecule has 5 nitrogen and oxygen atoms in total. The van der Waals surface area contributed by atoms with Gasteiger partial charge in [0.1, 0.15) is 5.75 Å². The fourth-order valence-corrected chi connectivity index (χ4v) is 1.87. The minimum atomic E-state index is -0.406. The summed E-state index contributed by atoms with van der Waals surface area (Å²) in [6.45, 7) is 3.94. The summed E-state index contributed by atoms with van der Waals surface area (Å²) in [5.41, 5.74) is 3.25. The Hall–Kier alpha value is -2.08. The Morgan fingerprint density at radius 1 is 1.29 bits per heavy atom. The minimum Gasteiger partial charge on any atom is -0.491 e. The highest BCUT2D eigenvalue weighted by Gasteiger charge is 2.08. The molecule has 21 heavy (non-hydrogen) atoms. The molecule has 0 atom stereocenters. The van der Waals surface area contributed by atoms with Crippen LogP contribution in [0.3, 0.4) is 0 Å². The highest BCUT2D eigenvalue weighted by molar-refractivity contribution is 9.10. The van der Waals surface area contributed by atoms with Crippen LogP contribution in [0.4, 0.5) is 0 Å². The molecule has 2 aromatic rings. The normalized spacial score (nSPS) is 11.0. The van der Waals surface area contributed by atoms with E-state index in [1.165, 1.54) is 0 Å². The molecule has 0 aliphatic carbocycles. The maximum Gasteiger partial charge on any atom is 0.307 e. The number of carbonyl (C=O) groups excluding carboxylic acids is 1. The molecule has 0 aliphatic rings. The first-order valence-electron chi connectivity index (χ1n) is 6.40. The molecule has 0 fully saturated rings. The molecule has 1 amide bonds. The fraction of sp³-hybridized carbons (Fsp3) is 0.200. The molecule has 1 aromatic heterocycles. The van der Waals surface area contributed by atoms with E-state index in [0.29, 0.717) is 4.67 Å². The van der Waals surface area contributed by atoms with Gasteiger partial charge in [-0.05, 0) is 71.7 Å². The number of nitrogens with one attached hydrogen (secondary N) is 1. The number of nitrogens with zero attached hydrogens (tertiary/aromatic N) is 1. The number of carbonyl (C=O) groups is 1. The zero-order valence-corrected chi connectivity index (χ0v) is 13.3. The molecule has 0 aliphatic heterocycles. The summed E-state index contributed by atoms with van der Waals surface area (Å²) >= 11 is 3.13. The van der Waals surface area contributed by atoms with Crippen molar-refractivity contribution < 1.29 is 13.9 Å². The maximum atomic E-state index is 11.7. The van der Waals surface area contributed by atoms with Gasteiger partial charge in [-0.3, -0.25) is 4.79 Å². The third-order valence-corrected chi connectivity index (χ3v) is 2.85. The minimum absolute atomic E-state index is 0.136. The first kappa shape index (κ1) is 15.3. The molecule has 0 saturated heterocycles. The van der Waals surface area contributed by atoms with E-state index in [9.17, 15) is 4.79 Å². The Kier molecular flexibility index (Phi) is 5.16. The molecule has 1 N–H and O–H groups in total. The van der Waals surface area contributed by atoms with Crippen LogP contribution in [0.25, 0.3) is 0 Å². The first-order valence-corrected chi connectivity index (χ1v) is 7.19. The molecule has 0 unspecified atom stereocenters. The predicted octanol–water partition coefficient (Wildman–Crippen LogP) is 3.59. The van der Waals surface area contributed by atoms with Gasteiger partial charge >= 0.3 is 5.91 Å². The fourth-order valence-electron chi connectivity index (χ4n) is 1.56. The average molecular weight is 351 g/mol. The molecule has 0 spiro atoms. The molecular weight excluding hydrogens is 336 g/mol. The van der Waals surface area contributed by atoms with E-state index in [0.717, 1.165) is 11.3 Å². The van der Waals surface area contributed by atoms with Crippen molar-refractivity contribution in [3.63, 3.8) is 0 Å². The molecule has 0 bridgehead atoms. The SMILES string of the molecule is CC(C)Oc1ccc(C=NNC(=O)c2ccc(Br)o2)cc1. The van der Waals surface area contributed by atoms with Crippen LogP contribution < -0.4 is 10.2 Å². The third-order valence-electron chi connectivity index (χ3n) is 2.43. The number of hydrogen-bond acceptors (Lipinski definition) is 4. The van der Waals surface area contributed by atoms with Gasteiger partial charge in [0.25, 0.3) is 0 Å². The third kappa shape index (κ3) is 4.75. The van der Waals surface area contributed by atoms with Crippen molar-refractivity contribution in [2.24, 2.45) is 5.10 Å². The Morgan fingerprint density at radius 3 is 2.57 bits per heavy atom. The Morgan fingerprint density at radius 2 is 2.00 bits per heavy atom. The van der Waals surface area contributed by atoms with E-state index >= 15 is 0 Å². The summed E-state index contributed by atoms with van der Waals surface area (Å²) in [7, 11) is 0. The molecule has 2 rings (SSSR count). The van der Waals surface area contributed by atoms with Crippen LogP contribution in [0.5, 0.6) is 5.75 Å². The number of hydrazone groups is 1. The standard InChI is InChI=1S/C15H15BrN2O3/c1-10(2)20-12-5-3-11(4-6-12)9-17-18-15(19)13-7-8-14(16)21-13/h3-10H,1-2H3,(H,18,19). The molecule has 0 radical (unpaired) electrons. The lowest BCUT2D eigenvalue weighted by Gasteiger charge is -2.08. The van der Waals surface area contributed by atoms with E-state index in [1.54, 1.807) is 18.3 Å². The second-order valence-electron chi connectivity index (χ2n) is 4.54. The van der Waals surface area contributed by atoms with Gasteiger partial charge in [0.15, 0.2) is 10.4 Å². The number of furan rings is 1. The van der Waals surface area contributed by atoms with E-state index in [4.69, 9.17) is 9.15 Å². The van der Waals surface area contributed by atoms with Crippen molar-refractivity contribution in [3.8, 4) is 5.75 Å². The largest absolute Gasteiger partial charge is 0.491 e. The smallest absolute Gasteiger partial charge is 0.307 e. The zero-order valence-electron chi connectivity index (χ0n) is 11.7. The zero-order chi connectivity index (χ0) is 15.2. The van der Waals surface area contributed by atoms with Crippen molar-refractivity contribution in [1.82, 2.24) is 5.43 Å². The van der Waals surface area contributed by atoms with Gasteiger partial charge in [0.05, 0.1) is 12.3 Å². The molecule has 6 heteroatoms. The Bertz CT molecular complexity index is 633. The number of halogens is 1. The Labute approximate surface area is 131 Å². The lowest BCUT2D eigenvalue weighted by atomic mass is 10.2. The second-order valence-corrected chi connectivity index (χ2v) is 5.32. The molecule has 110 valence electrons. The summed E-state index contributed by atoms with van der Waals surface area (Å²) in [6, 6.07) is 10.6. The van der Waals surface area contributed by atoms with Crippen LogP contribution in [0, 0.1) is 0 Å². The average Bonchev–Trinajstić information content (AvgIpc) is 2.87. The van der Waals surface area contributed by atoms with Gasteiger partial charge in [-0.15, -0.1) is 0 Å². The Balaban J connectivity index is 1.90. The molecular formula is C15H15BrN2O3. The van der Waals surface area contributed by atoms with Crippen molar-refractivity contribution in [2.45, 2.75) is 20.0 Å². The quantitative estimate of drug-likeness (QED) is 0.661. The monoisotopic (exact) mass is 350 g/mol. The number of amides is 1. The van der Waals surface area contributed by atoms with Crippen LogP contribution in [0.15, 0.2) is 50.6 Å². The second kappa shape index (κ2) is 7.08. The van der Waals surface area contributed by atoms with Gasteiger partial charge < -0.3 is 9.15 Å². The molecule has 1 heterocycles. The van der Waals surface area contributed by atoms with Crippen LogP contribution in [-0.4, -0.2) is 18.2 Å². The van der Waals surface area contributed by atoms with Crippen molar-refractivity contribution >= 4 is 28.1 Å². The predicted molar refractivity (Wildman–Crippen MR) is 83.7 cm³/mol. The lowest BCUT2D eigenvalue weighted by Crippen LogP contribution is -2.16. The van der Waals surface area contributed by atoms with Crippen molar-refractivity contribution in [2.75, 3.05) is 0 Å². The van der Waals surface area contributed by atoms with Gasteiger partial charge in [-0.25, -0.2) is 5.43 Å². The molecule has 1 aromatic carbocycles. The van der Waals surface area contributed by atoms with Crippen LogP contribution in [0.2, 0.25) is 0 Å². The van der Waals surface area contributed by atoms with E-state index in [-0.39, 0.29) is 11.9 Å². The van der Waals surface area contributed by atoms with Crippen molar-refractivity contribution in [3.05, 3.63) is 52.4 Å². The maximum absolute atomic E-state index is 11.7. The molecule has 0 saturated carbocycles. The number of ether oxygens (including phenoxy) is 1. The van der Waals surface area contributed by atoms with E-state index < -0.39 is 5.91 Å². The van der Waals surface area contributed by atoms with Gasteiger partial charge in [0.2, 0.25) is 0 Å². The van der Waals surface area contributed by atoms with Crippen LogP contribution >= 0.6 is 15.9 Å². The van der Waals surface area contributed by atoms with Gasteiger partial charge in [-0.1, -0.05) is 0 Å². The van der Waals surface area contributed by atoms with Crippen LogP contribution in [0.1, 0.15) is 30.0 Å². The lowest BCUT2D eigenvalue weighted by molar-refractivity contribution is 0.0926. The number of hydrogen-bond donors (Lipinski definition) is 1. The van der Waals surface area contributed by atoms with E-state index in [2.05, 4.69) is 26.5 Å². The summed E-state index contributed by atoms with van der Waals surface area (Å²) in [4.78, 5) is 11.7. The van der Waals surface area contributed by atoms with Crippen LogP contribution in [-0.2, 0) is 0 Å². The highest BCUT2D eigenvalue weighted by Crippen LogP contribution is 2.14. The van der Waals surface area contributed by atoms with Gasteiger partial charge in [0, 0.05) is 0 Å². The first-order chi connectivity index (χ1) is 10.0. The summed E-state index contributed by atoms with van der Waals surface area (Å²) in [5, 5.41) is 3.88. The summed E-state index contributed by atoms with van der Waals surface area (Å²) < 4.78 is 11.2. The van der Waals surface area contributed by atoms with E-state index in [1.807, 2.05) is 38.1 Å². The highest BCUT2D eigenvalue weighted by atomic mass is 79.9. The van der Waals surface area contributed by atoms with Gasteiger partial charge in [-0.2, -0.15) is 5.10 Å².